The fourth-order valence-electron chi connectivity index (χ4n) is 2.15. The summed E-state index contributed by atoms with van der Waals surface area (Å²) in [5.74, 6) is 0.645. The zero-order valence-corrected chi connectivity index (χ0v) is 12.2. The summed E-state index contributed by atoms with van der Waals surface area (Å²) in [6.07, 6.45) is 0. The fraction of sp³-hybridized carbons (Fsp3) is 0.0714. The molecule has 1 aromatic heterocycles. The summed E-state index contributed by atoms with van der Waals surface area (Å²) < 4.78 is 20.8. The quantitative estimate of drug-likeness (QED) is 0.779. The largest absolute Gasteiger partial charge is 0.494 e. The van der Waals surface area contributed by atoms with E-state index in [0.717, 1.165) is 11.2 Å². The monoisotopic (exact) mass is 335 g/mol. The Balaban J connectivity index is 2.30. The molecule has 0 aliphatic heterocycles. The third kappa shape index (κ3) is 1.92. The van der Waals surface area contributed by atoms with Crippen molar-refractivity contribution < 1.29 is 9.13 Å². The summed E-state index contributed by atoms with van der Waals surface area (Å²) in [6, 6.07) is 10.3. The molecule has 3 aromatic rings. The minimum absolute atomic E-state index is 0.322. The number of fused-ring (bicyclic) bond motifs is 1. The van der Waals surface area contributed by atoms with Crippen LogP contribution in [0.3, 0.4) is 0 Å². The van der Waals surface area contributed by atoms with E-state index in [1.54, 1.807) is 23.8 Å². The molecule has 4 nitrogen and oxygen atoms in total. The Labute approximate surface area is 123 Å². The highest BCUT2D eigenvalue weighted by Crippen LogP contribution is 2.30. The number of methoxy groups -OCH3 is 1. The average Bonchev–Trinajstić information content (AvgIpc) is 2.78. The van der Waals surface area contributed by atoms with E-state index in [1.807, 2.05) is 18.2 Å². The van der Waals surface area contributed by atoms with E-state index in [4.69, 9.17) is 10.5 Å². The van der Waals surface area contributed by atoms with Crippen molar-refractivity contribution in [2.24, 2.45) is 0 Å². The van der Waals surface area contributed by atoms with Crippen LogP contribution in [0.15, 0.2) is 40.9 Å². The van der Waals surface area contributed by atoms with Crippen LogP contribution in [0.25, 0.3) is 16.7 Å². The van der Waals surface area contributed by atoms with E-state index in [9.17, 15) is 4.39 Å². The Hall–Kier alpha value is -2.08. The third-order valence-electron chi connectivity index (χ3n) is 3.06. The highest BCUT2D eigenvalue weighted by atomic mass is 79.9. The average molecular weight is 336 g/mol. The van der Waals surface area contributed by atoms with E-state index < -0.39 is 0 Å². The Morgan fingerprint density at radius 1 is 1.30 bits per heavy atom. The molecule has 0 spiro atoms. The van der Waals surface area contributed by atoms with Gasteiger partial charge in [0.25, 0.3) is 0 Å². The first-order valence-electron chi connectivity index (χ1n) is 5.88. The van der Waals surface area contributed by atoms with Crippen molar-refractivity contribution >= 4 is 32.9 Å². The Bertz CT molecular complexity index is 800. The number of aromatic nitrogens is 2. The summed E-state index contributed by atoms with van der Waals surface area (Å²) in [4.78, 5) is 4.32. The van der Waals surface area contributed by atoms with Crippen molar-refractivity contribution in [1.82, 2.24) is 9.55 Å². The number of imidazole rings is 1. The molecule has 0 unspecified atom stereocenters. The molecule has 0 radical (unpaired) electrons. The van der Waals surface area contributed by atoms with Crippen LogP contribution in [0.1, 0.15) is 0 Å². The number of anilines is 1. The van der Waals surface area contributed by atoms with Crippen molar-refractivity contribution in [2.45, 2.75) is 0 Å². The predicted octanol–water partition coefficient (Wildman–Crippen LogP) is 3.52. The van der Waals surface area contributed by atoms with Gasteiger partial charge in [-0.15, -0.1) is 0 Å². The van der Waals surface area contributed by atoms with E-state index >= 15 is 0 Å². The topological polar surface area (TPSA) is 53.1 Å². The third-order valence-corrected chi connectivity index (χ3v) is 3.66. The summed E-state index contributed by atoms with van der Waals surface area (Å²) in [5, 5.41) is 0. The van der Waals surface area contributed by atoms with Crippen LogP contribution in [-0.2, 0) is 0 Å². The zero-order valence-electron chi connectivity index (χ0n) is 10.6. The first-order chi connectivity index (χ1) is 9.61. The van der Waals surface area contributed by atoms with Gasteiger partial charge >= 0.3 is 0 Å². The number of hydrogen-bond acceptors (Lipinski definition) is 3. The second-order valence-corrected chi connectivity index (χ2v) is 5.09. The molecule has 0 bridgehead atoms. The first-order valence-corrected chi connectivity index (χ1v) is 6.67. The van der Waals surface area contributed by atoms with Gasteiger partial charge in [0.1, 0.15) is 17.1 Å². The van der Waals surface area contributed by atoms with E-state index in [1.165, 1.54) is 6.07 Å². The maximum absolute atomic E-state index is 13.4. The standard InChI is InChI=1S/C14H11BrFN3O/c1-20-12-4-2-3-11-13(12)18-14(17)19(11)8-5-6-10(16)9(15)7-8/h2-7H,1H3,(H2,17,18). The van der Waals surface area contributed by atoms with Crippen molar-refractivity contribution in [3.05, 3.63) is 46.7 Å². The van der Waals surface area contributed by atoms with Gasteiger partial charge < -0.3 is 10.5 Å². The van der Waals surface area contributed by atoms with Crippen LogP contribution in [0, 0.1) is 5.82 Å². The Morgan fingerprint density at radius 2 is 2.10 bits per heavy atom. The van der Waals surface area contributed by atoms with Crippen LogP contribution in [0.5, 0.6) is 5.75 Å². The van der Waals surface area contributed by atoms with E-state index in [0.29, 0.717) is 21.7 Å². The molecule has 3 rings (SSSR count). The van der Waals surface area contributed by atoms with Gasteiger partial charge in [-0.25, -0.2) is 9.37 Å². The number of benzene rings is 2. The molecule has 0 atom stereocenters. The van der Waals surface area contributed by atoms with Crippen LogP contribution in [0.2, 0.25) is 0 Å². The number of nitrogen functional groups attached to an aromatic ring is 1. The lowest BCUT2D eigenvalue weighted by Crippen LogP contribution is -2.00. The maximum atomic E-state index is 13.4. The molecule has 0 amide bonds. The molecule has 0 aliphatic rings. The lowest BCUT2D eigenvalue weighted by Gasteiger charge is -2.08. The van der Waals surface area contributed by atoms with Gasteiger partial charge in [0.05, 0.1) is 22.8 Å². The minimum atomic E-state index is -0.325. The number of hydrogen-bond donors (Lipinski definition) is 1. The molecule has 2 aromatic carbocycles. The summed E-state index contributed by atoms with van der Waals surface area (Å²) in [5.41, 5.74) is 8.19. The zero-order chi connectivity index (χ0) is 14.3. The molecule has 102 valence electrons. The molecular formula is C14H11BrFN3O. The first kappa shape index (κ1) is 12.9. The molecule has 0 saturated heterocycles. The van der Waals surface area contributed by atoms with Crippen LogP contribution >= 0.6 is 15.9 Å². The SMILES string of the molecule is COc1cccc2c1nc(N)n2-c1ccc(F)c(Br)c1. The smallest absolute Gasteiger partial charge is 0.206 e. The molecule has 6 heteroatoms. The summed E-state index contributed by atoms with van der Waals surface area (Å²) in [6.45, 7) is 0. The predicted molar refractivity (Wildman–Crippen MR) is 79.7 cm³/mol. The molecule has 0 fully saturated rings. The van der Waals surface area contributed by atoms with Gasteiger partial charge in [0.2, 0.25) is 5.95 Å². The molecular weight excluding hydrogens is 325 g/mol. The second kappa shape index (κ2) is 4.79. The van der Waals surface area contributed by atoms with Crippen LogP contribution in [0.4, 0.5) is 10.3 Å². The van der Waals surface area contributed by atoms with Gasteiger partial charge in [0.15, 0.2) is 0 Å². The number of rotatable bonds is 2. The van der Waals surface area contributed by atoms with E-state index in [-0.39, 0.29) is 5.82 Å². The fourth-order valence-corrected chi connectivity index (χ4v) is 2.52. The molecule has 20 heavy (non-hydrogen) atoms. The van der Waals surface area contributed by atoms with Gasteiger partial charge in [-0.1, -0.05) is 6.07 Å². The number of ether oxygens (including phenoxy) is 1. The Morgan fingerprint density at radius 3 is 2.80 bits per heavy atom. The summed E-state index contributed by atoms with van der Waals surface area (Å²) in [7, 11) is 1.58. The minimum Gasteiger partial charge on any atom is -0.494 e. The lowest BCUT2D eigenvalue weighted by molar-refractivity contribution is 0.419. The van der Waals surface area contributed by atoms with Crippen molar-refractivity contribution in [2.75, 3.05) is 12.8 Å². The number of para-hydroxylation sites is 1. The van der Waals surface area contributed by atoms with Crippen molar-refractivity contribution in [1.29, 1.82) is 0 Å². The number of nitrogens with zero attached hydrogens (tertiary/aromatic N) is 2. The highest BCUT2D eigenvalue weighted by Gasteiger charge is 2.14. The van der Waals surface area contributed by atoms with Crippen LogP contribution < -0.4 is 10.5 Å². The molecule has 0 aliphatic carbocycles. The van der Waals surface area contributed by atoms with Crippen molar-refractivity contribution in [3.8, 4) is 11.4 Å². The second-order valence-electron chi connectivity index (χ2n) is 4.23. The molecule has 2 N–H and O–H groups in total. The van der Waals surface area contributed by atoms with Gasteiger partial charge in [0, 0.05) is 0 Å². The Kier molecular flexibility index (Phi) is 3.10. The maximum Gasteiger partial charge on any atom is 0.206 e. The lowest BCUT2D eigenvalue weighted by atomic mass is 10.2. The van der Waals surface area contributed by atoms with Crippen LogP contribution in [-0.4, -0.2) is 16.7 Å². The molecule has 1 heterocycles. The van der Waals surface area contributed by atoms with Gasteiger partial charge in [-0.05, 0) is 46.3 Å². The van der Waals surface area contributed by atoms with E-state index in [2.05, 4.69) is 20.9 Å². The molecule has 0 saturated carbocycles. The summed E-state index contributed by atoms with van der Waals surface area (Å²) >= 11 is 3.17. The van der Waals surface area contributed by atoms with Gasteiger partial charge in [-0.3, -0.25) is 4.57 Å². The highest BCUT2D eigenvalue weighted by molar-refractivity contribution is 9.10. The van der Waals surface area contributed by atoms with Gasteiger partial charge in [-0.2, -0.15) is 0 Å². The normalized spacial score (nSPS) is 10.9. The number of halogens is 2. The van der Waals surface area contributed by atoms with Crippen molar-refractivity contribution in [3.63, 3.8) is 0 Å². The number of nitrogens with two attached hydrogens (primary N) is 1.